The lowest BCUT2D eigenvalue weighted by molar-refractivity contribution is 0.415. The van der Waals surface area contributed by atoms with Crippen LogP contribution in [0.1, 0.15) is 5.69 Å². The molecule has 1 heterocycles. The van der Waals surface area contributed by atoms with E-state index in [9.17, 15) is 8.42 Å². The van der Waals surface area contributed by atoms with Crippen LogP contribution in [0.2, 0.25) is 0 Å². The molecular weight excluding hydrogens is 322 g/mol. The summed E-state index contributed by atoms with van der Waals surface area (Å²) in [6, 6.07) is 16.9. The van der Waals surface area contributed by atoms with Gasteiger partial charge in [-0.25, -0.2) is 8.42 Å². The molecule has 0 aliphatic heterocycles. The Morgan fingerprint density at radius 1 is 0.958 bits per heavy atom. The molecule has 3 aromatic rings. The van der Waals surface area contributed by atoms with E-state index in [4.69, 9.17) is 4.74 Å². The number of nitrogens with one attached hydrogen (secondary N) is 1. The molecule has 0 unspecified atom stereocenters. The van der Waals surface area contributed by atoms with Crippen LogP contribution in [0.3, 0.4) is 0 Å². The van der Waals surface area contributed by atoms with Gasteiger partial charge in [0.2, 0.25) is 0 Å². The van der Waals surface area contributed by atoms with Crippen molar-refractivity contribution in [2.75, 3.05) is 13.4 Å². The van der Waals surface area contributed by atoms with E-state index in [0.717, 1.165) is 33.8 Å². The second kappa shape index (κ2) is 6.17. The second-order valence-corrected chi connectivity index (χ2v) is 7.79. The SMILES string of the molecule is COc1cccc(-c2cc(C)[nH]c2-c2ccc(S(C)(=O)=O)cc2)c1. The summed E-state index contributed by atoms with van der Waals surface area (Å²) in [5.74, 6) is 0.796. The first kappa shape index (κ1) is 16.3. The Bertz CT molecular complexity index is 970. The molecule has 1 aromatic heterocycles. The third-order valence-corrected chi connectivity index (χ3v) is 5.03. The molecule has 4 nitrogen and oxygen atoms in total. The maximum atomic E-state index is 11.6. The van der Waals surface area contributed by atoms with Crippen LogP contribution in [0.4, 0.5) is 0 Å². The number of ether oxygens (including phenoxy) is 1. The molecular formula is C19H19NO3S. The Balaban J connectivity index is 2.09. The summed E-state index contributed by atoms with van der Waals surface area (Å²) >= 11 is 0. The molecule has 5 heteroatoms. The highest BCUT2D eigenvalue weighted by molar-refractivity contribution is 7.90. The van der Waals surface area contributed by atoms with E-state index in [2.05, 4.69) is 11.1 Å². The fourth-order valence-corrected chi connectivity index (χ4v) is 3.33. The van der Waals surface area contributed by atoms with Crippen LogP contribution in [0.15, 0.2) is 59.5 Å². The van der Waals surface area contributed by atoms with Crippen molar-refractivity contribution in [1.29, 1.82) is 0 Å². The molecule has 0 amide bonds. The molecule has 2 aromatic carbocycles. The number of benzene rings is 2. The highest BCUT2D eigenvalue weighted by atomic mass is 32.2. The minimum absolute atomic E-state index is 0.317. The minimum atomic E-state index is -3.19. The predicted molar refractivity (Wildman–Crippen MR) is 96.1 cm³/mol. The van der Waals surface area contributed by atoms with E-state index in [1.165, 1.54) is 6.26 Å². The van der Waals surface area contributed by atoms with E-state index in [1.807, 2.05) is 43.3 Å². The molecule has 0 saturated carbocycles. The quantitative estimate of drug-likeness (QED) is 0.778. The summed E-state index contributed by atoms with van der Waals surface area (Å²) in [5.41, 5.74) is 5.03. The maximum absolute atomic E-state index is 11.6. The normalized spacial score (nSPS) is 11.5. The largest absolute Gasteiger partial charge is 0.497 e. The zero-order chi connectivity index (χ0) is 17.3. The van der Waals surface area contributed by atoms with Gasteiger partial charge in [-0.2, -0.15) is 0 Å². The molecule has 124 valence electrons. The molecule has 0 bridgehead atoms. The molecule has 0 aliphatic rings. The third-order valence-electron chi connectivity index (χ3n) is 3.90. The average Bonchev–Trinajstić information content (AvgIpc) is 2.96. The summed E-state index contributed by atoms with van der Waals surface area (Å²) in [6.45, 7) is 2.00. The van der Waals surface area contributed by atoms with E-state index in [-0.39, 0.29) is 0 Å². The van der Waals surface area contributed by atoms with E-state index < -0.39 is 9.84 Å². The van der Waals surface area contributed by atoms with Crippen molar-refractivity contribution in [1.82, 2.24) is 4.98 Å². The highest BCUT2D eigenvalue weighted by Gasteiger charge is 2.13. The molecule has 0 spiro atoms. The summed E-state index contributed by atoms with van der Waals surface area (Å²) in [6.07, 6.45) is 1.21. The number of methoxy groups -OCH3 is 1. The van der Waals surface area contributed by atoms with Crippen molar-refractivity contribution in [2.45, 2.75) is 11.8 Å². The Morgan fingerprint density at radius 2 is 1.67 bits per heavy atom. The van der Waals surface area contributed by atoms with E-state index in [1.54, 1.807) is 19.2 Å². The number of hydrogen-bond donors (Lipinski definition) is 1. The van der Waals surface area contributed by atoms with Crippen molar-refractivity contribution >= 4 is 9.84 Å². The summed E-state index contributed by atoms with van der Waals surface area (Å²) in [4.78, 5) is 3.68. The van der Waals surface area contributed by atoms with Gasteiger partial charge < -0.3 is 9.72 Å². The van der Waals surface area contributed by atoms with Crippen molar-refractivity contribution in [2.24, 2.45) is 0 Å². The Kier molecular flexibility index (Phi) is 4.20. The molecule has 0 radical (unpaired) electrons. The monoisotopic (exact) mass is 341 g/mol. The molecule has 0 atom stereocenters. The number of sulfone groups is 1. The van der Waals surface area contributed by atoms with Crippen LogP contribution < -0.4 is 4.74 Å². The van der Waals surface area contributed by atoms with Crippen molar-refractivity contribution in [3.63, 3.8) is 0 Å². The van der Waals surface area contributed by atoms with Crippen molar-refractivity contribution in [3.8, 4) is 28.1 Å². The molecule has 1 N–H and O–H groups in total. The van der Waals surface area contributed by atoms with Crippen LogP contribution in [0, 0.1) is 6.92 Å². The standard InChI is InChI=1S/C19H19NO3S/c1-13-11-18(15-5-4-6-16(12-15)23-2)19(20-13)14-7-9-17(10-8-14)24(3,21)22/h4-12,20H,1-3H3. The van der Waals surface area contributed by atoms with Crippen LogP contribution in [0.25, 0.3) is 22.4 Å². The number of aromatic nitrogens is 1. The second-order valence-electron chi connectivity index (χ2n) is 5.77. The fourth-order valence-electron chi connectivity index (χ4n) is 2.70. The smallest absolute Gasteiger partial charge is 0.175 e. The molecule has 3 rings (SSSR count). The lowest BCUT2D eigenvalue weighted by atomic mass is 10.0. The van der Waals surface area contributed by atoms with Crippen molar-refractivity contribution in [3.05, 3.63) is 60.3 Å². The Hall–Kier alpha value is -2.53. The Labute approximate surface area is 142 Å². The van der Waals surface area contributed by atoms with Gasteiger partial charge in [0.15, 0.2) is 9.84 Å². The fraction of sp³-hybridized carbons (Fsp3) is 0.158. The average molecular weight is 341 g/mol. The summed E-state index contributed by atoms with van der Waals surface area (Å²) < 4.78 is 28.5. The molecule has 0 saturated heterocycles. The first-order chi connectivity index (χ1) is 11.4. The van der Waals surface area contributed by atoms with Gasteiger partial charge in [0.05, 0.1) is 17.7 Å². The van der Waals surface area contributed by atoms with Crippen LogP contribution in [-0.2, 0) is 9.84 Å². The number of hydrogen-bond acceptors (Lipinski definition) is 3. The molecule has 24 heavy (non-hydrogen) atoms. The van der Waals surface area contributed by atoms with Gasteiger partial charge in [-0.3, -0.25) is 0 Å². The maximum Gasteiger partial charge on any atom is 0.175 e. The lowest BCUT2D eigenvalue weighted by Crippen LogP contribution is -1.96. The van der Waals surface area contributed by atoms with Gasteiger partial charge in [-0.15, -0.1) is 0 Å². The number of rotatable bonds is 4. The van der Waals surface area contributed by atoms with E-state index in [0.29, 0.717) is 4.90 Å². The number of aryl methyl sites for hydroxylation is 1. The first-order valence-electron chi connectivity index (χ1n) is 7.53. The lowest BCUT2D eigenvalue weighted by Gasteiger charge is -2.07. The van der Waals surface area contributed by atoms with Gasteiger partial charge >= 0.3 is 0 Å². The van der Waals surface area contributed by atoms with Gasteiger partial charge in [-0.1, -0.05) is 24.3 Å². The topological polar surface area (TPSA) is 59.2 Å². The number of aromatic amines is 1. The van der Waals surface area contributed by atoms with Crippen LogP contribution in [0.5, 0.6) is 5.75 Å². The van der Waals surface area contributed by atoms with Gasteiger partial charge in [0.1, 0.15) is 5.75 Å². The highest BCUT2D eigenvalue weighted by Crippen LogP contribution is 2.34. The third kappa shape index (κ3) is 3.21. The number of H-pyrrole nitrogens is 1. The van der Waals surface area contributed by atoms with Crippen LogP contribution >= 0.6 is 0 Å². The van der Waals surface area contributed by atoms with Crippen molar-refractivity contribution < 1.29 is 13.2 Å². The molecule has 0 aliphatic carbocycles. The zero-order valence-corrected chi connectivity index (χ0v) is 14.6. The predicted octanol–water partition coefficient (Wildman–Crippen LogP) is 4.07. The van der Waals surface area contributed by atoms with Gasteiger partial charge in [0.25, 0.3) is 0 Å². The summed E-state index contributed by atoms with van der Waals surface area (Å²) in [5, 5.41) is 0. The van der Waals surface area contributed by atoms with Gasteiger partial charge in [-0.05, 0) is 48.4 Å². The minimum Gasteiger partial charge on any atom is -0.497 e. The Morgan fingerprint density at radius 3 is 2.29 bits per heavy atom. The van der Waals surface area contributed by atoms with Crippen LogP contribution in [-0.4, -0.2) is 26.8 Å². The molecule has 0 fully saturated rings. The van der Waals surface area contributed by atoms with E-state index >= 15 is 0 Å². The zero-order valence-electron chi connectivity index (χ0n) is 13.8. The first-order valence-corrected chi connectivity index (χ1v) is 9.42. The van der Waals surface area contributed by atoms with Gasteiger partial charge in [0, 0.05) is 17.5 Å². The summed E-state index contributed by atoms with van der Waals surface area (Å²) in [7, 11) is -1.55.